The van der Waals surface area contributed by atoms with Crippen LogP contribution in [0.15, 0.2) is 23.1 Å². The number of carbonyl (C=O) groups excluding carboxylic acids is 1. The number of ketones is 1. The maximum absolute atomic E-state index is 11.7. The second kappa shape index (κ2) is 2.92. The summed E-state index contributed by atoms with van der Waals surface area (Å²) in [4.78, 5) is 11.7. The van der Waals surface area contributed by atoms with Gasteiger partial charge < -0.3 is 0 Å². The van der Waals surface area contributed by atoms with Crippen molar-refractivity contribution in [3.63, 3.8) is 0 Å². The summed E-state index contributed by atoms with van der Waals surface area (Å²) in [5, 5.41) is 0. The highest BCUT2D eigenvalue weighted by molar-refractivity contribution is 7.91. The smallest absolute Gasteiger partial charge is 0.179 e. The van der Waals surface area contributed by atoms with Gasteiger partial charge in [0.1, 0.15) is 0 Å². The van der Waals surface area contributed by atoms with Gasteiger partial charge in [0.2, 0.25) is 0 Å². The first-order valence-electron chi connectivity index (χ1n) is 4.38. The highest BCUT2D eigenvalue weighted by Crippen LogP contribution is 2.27. The molecule has 0 spiro atoms. The molecular formula is C10H10O3S. The second-order valence-corrected chi connectivity index (χ2v) is 5.49. The first kappa shape index (κ1) is 9.40. The SMILES string of the molecule is Cc1cccc2c1S(=O)(=O)CCC2=O. The molecule has 0 unspecified atom stereocenters. The normalized spacial score (nSPS) is 19.1. The number of benzene rings is 1. The maximum atomic E-state index is 11.7. The van der Waals surface area contributed by atoms with Gasteiger partial charge in [-0.15, -0.1) is 0 Å². The minimum absolute atomic E-state index is 0.0519. The van der Waals surface area contributed by atoms with E-state index in [0.717, 1.165) is 0 Å². The molecule has 1 heterocycles. The lowest BCUT2D eigenvalue weighted by Gasteiger charge is -2.16. The molecule has 4 heteroatoms. The van der Waals surface area contributed by atoms with Crippen molar-refractivity contribution in [3.05, 3.63) is 29.3 Å². The van der Waals surface area contributed by atoms with Crippen LogP contribution < -0.4 is 0 Å². The average molecular weight is 210 g/mol. The van der Waals surface area contributed by atoms with E-state index in [2.05, 4.69) is 0 Å². The molecule has 0 aromatic heterocycles. The van der Waals surface area contributed by atoms with Crippen LogP contribution in [0.3, 0.4) is 0 Å². The summed E-state index contributed by atoms with van der Waals surface area (Å²) in [6.07, 6.45) is 0.110. The van der Waals surface area contributed by atoms with E-state index < -0.39 is 9.84 Å². The molecule has 0 saturated carbocycles. The van der Waals surface area contributed by atoms with Crippen LogP contribution in [0.25, 0.3) is 0 Å². The minimum atomic E-state index is -3.23. The fourth-order valence-corrected chi connectivity index (χ4v) is 3.48. The van der Waals surface area contributed by atoms with Crippen LogP contribution >= 0.6 is 0 Å². The van der Waals surface area contributed by atoms with Crippen molar-refractivity contribution in [2.45, 2.75) is 18.2 Å². The third-order valence-corrected chi connectivity index (χ3v) is 4.33. The molecule has 0 atom stereocenters. The van der Waals surface area contributed by atoms with Crippen LogP contribution in [-0.4, -0.2) is 20.0 Å². The van der Waals surface area contributed by atoms with Gasteiger partial charge >= 0.3 is 0 Å². The molecule has 74 valence electrons. The Labute approximate surface area is 82.7 Å². The molecule has 0 amide bonds. The molecule has 3 nitrogen and oxygen atoms in total. The Balaban J connectivity index is 2.83. The van der Waals surface area contributed by atoms with E-state index in [0.29, 0.717) is 11.1 Å². The number of aryl methyl sites for hydroxylation is 1. The zero-order valence-corrected chi connectivity index (χ0v) is 8.60. The van der Waals surface area contributed by atoms with Gasteiger partial charge in [-0.2, -0.15) is 0 Å². The van der Waals surface area contributed by atoms with E-state index in [1.807, 2.05) is 0 Å². The zero-order valence-electron chi connectivity index (χ0n) is 7.78. The third-order valence-electron chi connectivity index (χ3n) is 2.42. The molecule has 1 aromatic rings. The van der Waals surface area contributed by atoms with Gasteiger partial charge in [-0.1, -0.05) is 18.2 Å². The monoisotopic (exact) mass is 210 g/mol. The van der Waals surface area contributed by atoms with E-state index in [-0.39, 0.29) is 22.9 Å². The van der Waals surface area contributed by atoms with Gasteiger partial charge in [-0.25, -0.2) is 8.42 Å². The lowest BCUT2D eigenvalue weighted by Crippen LogP contribution is -2.22. The number of carbonyl (C=O) groups is 1. The Kier molecular flexibility index (Phi) is 1.96. The first-order chi connectivity index (χ1) is 6.52. The largest absolute Gasteiger partial charge is 0.294 e. The fourth-order valence-electron chi connectivity index (χ4n) is 1.75. The zero-order chi connectivity index (χ0) is 10.3. The van der Waals surface area contributed by atoms with Crippen molar-refractivity contribution in [1.82, 2.24) is 0 Å². The van der Waals surface area contributed by atoms with Crippen molar-refractivity contribution >= 4 is 15.6 Å². The fraction of sp³-hybridized carbons (Fsp3) is 0.300. The Morgan fingerprint density at radius 1 is 1.29 bits per heavy atom. The van der Waals surface area contributed by atoms with Crippen LogP contribution in [0.5, 0.6) is 0 Å². The Bertz CT molecular complexity index is 500. The van der Waals surface area contributed by atoms with Gasteiger partial charge in [0.05, 0.1) is 10.6 Å². The van der Waals surface area contributed by atoms with Gasteiger partial charge in [0, 0.05) is 12.0 Å². The quantitative estimate of drug-likeness (QED) is 0.649. The second-order valence-electron chi connectivity index (χ2n) is 3.44. The molecule has 2 rings (SSSR count). The summed E-state index contributed by atoms with van der Waals surface area (Å²) in [5.41, 5.74) is 1.02. The molecule has 1 aliphatic heterocycles. The summed E-state index contributed by atoms with van der Waals surface area (Å²) < 4.78 is 23.4. The predicted octanol–water partition coefficient (Wildman–Crippen LogP) is 1.36. The number of Topliss-reactive ketones (excluding diaryl/α,β-unsaturated/α-hetero) is 1. The number of sulfone groups is 1. The van der Waals surface area contributed by atoms with Gasteiger partial charge in [-0.3, -0.25) is 4.79 Å². The third kappa shape index (κ3) is 1.26. The molecule has 1 aliphatic rings. The van der Waals surface area contributed by atoms with E-state index in [1.54, 1.807) is 25.1 Å². The van der Waals surface area contributed by atoms with Gasteiger partial charge in [-0.05, 0) is 12.5 Å². The number of hydrogen-bond acceptors (Lipinski definition) is 3. The lowest BCUT2D eigenvalue weighted by atomic mass is 10.1. The predicted molar refractivity (Wildman–Crippen MR) is 52.2 cm³/mol. The van der Waals surface area contributed by atoms with E-state index in [4.69, 9.17) is 0 Å². The first-order valence-corrected chi connectivity index (χ1v) is 6.03. The van der Waals surface area contributed by atoms with Crippen molar-refractivity contribution in [1.29, 1.82) is 0 Å². The van der Waals surface area contributed by atoms with Crippen molar-refractivity contribution in [2.75, 3.05) is 5.75 Å². The van der Waals surface area contributed by atoms with Gasteiger partial charge in [0.15, 0.2) is 15.6 Å². The van der Waals surface area contributed by atoms with Crippen molar-refractivity contribution in [2.24, 2.45) is 0 Å². The summed E-state index contributed by atoms with van der Waals surface area (Å²) in [5.74, 6) is -0.123. The molecule has 0 saturated heterocycles. The molecule has 0 aliphatic carbocycles. The van der Waals surface area contributed by atoms with Crippen LogP contribution in [0.2, 0.25) is 0 Å². The number of hydrogen-bond donors (Lipinski definition) is 0. The summed E-state index contributed by atoms with van der Waals surface area (Å²) in [7, 11) is -3.23. The Hall–Kier alpha value is -1.16. The van der Waals surface area contributed by atoms with Crippen LogP contribution in [0.4, 0.5) is 0 Å². The summed E-state index contributed by atoms with van der Waals surface area (Å²) in [6.45, 7) is 1.72. The molecule has 14 heavy (non-hydrogen) atoms. The standard InChI is InChI=1S/C10H10O3S/c1-7-3-2-4-8-9(11)5-6-14(12,13)10(7)8/h2-4H,5-6H2,1H3. The molecular weight excluding hydrogens is 200 g/mol. The topological polar surface area (TPSA) is 51.2 Å². The highest BCUT2D eigenvalue weighted by atomic mass is 32.2. The van der Waals surface area contributed by atoms with E-state index >= 15 is 0 Å². The van der Waals surface area contributed by atoms with E-state index in [1.165, 1.54) is 0 Å². The van der Waals surface area contributed by atoms with Crippen LogP contribution in [0, 0.1) is 6.92 Å². The summed E-state index contributed by atoms with van der Waals surface area (Å²) >= 11 is 0. The van der Waals surface area contributed by atoms with Crippen molar-refractivity contribution < 1.29 is 13.2 Å². The number of rotatable bonds is 0. The Morgan fingerprint density at radius 3 is 2.64 bits per heavy atom. The van der Waals surface area contributed by atoms with Crippen molar-refractivity contribution in [3.8, 4) is 0 Å². The molecule has 1 aromatic carbocycles. The lowest BCUT2D eigenvalue weighted by molar-refractivity contribution is 0.0983. The van der Waals surface area contributed by atoms with E-state index in [9.17, 15) is 13.2 Å². The number of fused-ring (bicyclic) bond motifs is 1. The molecule has 0 fully saturated rings. The average Bonchev–Trinajstić information content (AvgIpc) is 2.12. The van der Waals surface area contributed by atoms with Gasteiger partial charge in [0.25, 0.3) is 0 Å². The van der Waals surface area contributed by atoms with Crippen LogP contribution in [-0.2, 0) is 9.84 Å². The van der Waals surface area contributed by atoms with Crippen LogP contribution in [0.1, 0.15) is 22.3 Å². The minimum Gasteiger partial charge on any atom is -0.294 e. The maximum Gasteiger partial charge on any atom is 0.179 e. The highest BCUT2D eigenvalue weighted by Gasteiger charge is 2.29. The molecule has 0 radical (unpaired) electrons. The summed E-state index contributed by atoms with van der Waals surface area (Å²) in [6, 6.07) is 5.02. The molecule has 0 bridgehead atoms. The Morgan fingerprint density at radius 2 is 2.00 bits per heavy atom. The molecule has 0 N–H and O–H groups in total.